The monoisotopic (exact) mass is 238 g/mol. The number of rotatable bonds is 3. The molecule has 2 fully saturated rings. The molecule has 17 heavy (non-hydrogen) atoms. The lowest BCUT2D eigenvalue weighted by molar-refractivity contribution is -0.135. The molecule has 4 nitrogen and oxygen atoms in total. The Morgan fingerprint density at radius 3 is 2.65 bits per heavy atom. The normalized spacial score (nSPS) is 28.4. The predicted octanol–water partition coefficient (Wildman–Crippen LogP) is 1.30. The Bertz CT molecular complexity index is 323. The maximum Gasteiger partial charge on any atom is 0.245 e. The Labute approximate surface area is 103 Å². The lowest BCUT2D eigenvalue weighted by atomic mass is 9.70. The molecule has 1 aliphatic heterocycles. The molecule has 0 radical (unpaired) electrons. The van der Waals surface area contributed by atoms with Crippen LogP contribution in [-0.4, -0.2) is 35.8 Å². The maximum absolute atomic E-state index is 12.3. The van der Waals surface area contributed by atoms with Crippen molar-refractivity contribution in [3.05, 3.63) is 0 Å². The van der Waals surface area contributed by atoms with Crippen LogP contribution in [0.3, 0.4) is 0 Å². The highest BCUT2D eigenvalue weighted by Gasteiger charge is 2.37. The van der Waals surface area contributed by atoms with Gasteiger partial charge in [-0.25, -0.2) is 0 Å². The zero-order valence-corrected chi connectivity index (χ0v) is 10.8. The first-order chi connectivity index (χ1) is 8.04. The summed E-state index contributed by atoms with van der Waals surface area (Å²) in [6.45, 7) is 5.58. The van der Waals surface area contributed by atoms with Crippen LogP contribution in [0.25, 0.3) is 0 Å². The van der Waals surface area contributed by atoms with Crippen molar-refractivity contribution in [3.63, 3.8) is 0 Å². The van der Waals surface area contributed by atoms with Gasteiger partial charge in [0.05, 0.1) is 0 Å². The van der Waals surface area contributed by atoms with E-state index in [9.17, 15) is 9.59 Å². The van der Waals surface area contributed by atoms with Crippen molar-refractivity contribution in [2.75, 3.05) is 13.1 Å². The summed E-state index contributed by atoms with van der Waals surface area (Å²) in [6.07, 6.45) is 4.80. The smallest absolute Gasteiger partial charge is 0.245 e. The van der Waals surface area contributed by atoms with E-state index in [1.807, 2.05) is 11.8 Å². The minimum absolute atomic E-state index is 0.00598. The van der Waals surface area contributed by atoms with Crippen molar-refractivity contribution in [1.82, 2.24) is 10.2 Å². The summed E-state index contributed by atoms with van der Waals surface area (Å²) < 4.78 is 0. The summed E-state index contributed by atoms with van der Waals surface area (Å²) in [5.41, 5.74) is 0.293. The van der Waals surface area contributed by atoms with E-state index in [0.29, 0.717) is 24.8 Å². The van der Waals surface area contributed by atoms with E-state index >= 15 is 0 Å². The third kappa shape index (κ3) is 2.61. The van der Waals surface area contributed by atoms with Gasteiger partial charge in [0, 0.05) is 19.5 Å². The minimum atomic E-state index is -0.311. The molecule has 1 unspecified atom stereocenters. The van der Waals surface area contributed by atoms with Gasteiger partial charge in [0.2, 0.25) is 11.8 Å². The molecule has 1 saturated carbocycles. The quantitative estimate of drug-likeness (QED) is 0.805. The Balaban J connectivity index is 2.04. The van der Waals surface area contributed by atoms with Gasteiger partial charge in [-0.3, -0.25) is 9.59 Å². The number of carbonyl (C=O) groups excluding carboxylic acids is 2. The molecule has 2 aliphatic rings. The first kappa shape index (κ1) is 12.4. The molecule has 0 aromatic rings. The summed E-state index contributed by atoms with van der Waals surface area (Å²) in [4.78, 5) is 25.6. The van der Waals surface area contributed by atoms with Gasteiger partial charge < -0.3 is 10.2 Å². The molecule has 1 heterocycles. The van der Waals surface area contributed by atoms with Crippen LogP contribution in [0.15, 0.2) is 0 Å². The molecule has 1 saturated heterocycles. The number of hydrogen-bond donors (Lipinski definition) is 1. The van der Waals surface area contributed by atoms with Gasteiger partial charge in [-0.15, -0.1) is 0 Å². The molecule has 96 valence electrons. The number of nitrogens with one attached hydrogen (secondary N) is 1. The van der Waals surface area contributed by atoms with Crippen LogP contribution < -0.4 is 5.32 Å². The number of amides is 2. The fourth-order valence-electron chi connectivity index (χ4n) is 2.73. The first-order valence-electron chi connectivity index (χ1n) is 6.62. The van der Waals surface area contributed by atoms with Gasteiger partial charge in [-0.05, 0) is 24.7 Å². The second kappa shape index (κ2) is 4.67. The fraction of sp³-hybridized carbons (Fsp3) is 0.846. The van der Waals surface area contributed by atoms with Gasteiger partial charge in [0.1, 0.15) is 6.04 Å². The van der Waals surface area contributed by atoms with Gasteiger partial charge in [-0.2, -0.15) is 0 Å². The van der Waals surface area contributed by atoms with Crippen molar-refractivity contribution in [2.45, 2.75) is 52.0 Å². The highest BCUT2D eigenvalue weighted by Crippen LogP contribution is 2.41. The third-order valence-electron chi connectivity index (χ3n) is 4.10. The van der Waals surface area contributed by atoms with E-state index in [4.69, 9.17) is 0 Å². The number of carbonyl (C=O) groups is 2. The highest BCUT2D eigenvalue weighted by atomic mass is 16.2. The van der Waals surface area contributed by atoms with Crippen LogP contribution >= 0.6 is 0 Å². The zero-order valence-electron chi connectivity index (χ0n) is 10.8. The zero-order chi connectivity index (χ0) is 12.5. The summed E-state index contributed by atoms with van der Waals surface area (Å²) in [7, 11) is 0. The standard InChI is InChI=1S/C13H22N2O2/c1-3-10-12(17)15(8-5-11(16)14-10)9-13(2)6-4-7-13/h10H,3-9H2,1-2H3,(H,14,16). The van der Waals surface area contributed by atoms with Crippen LogP contribution in [0.4, 0.5) is 0 Å². The second-order valence-corrected chi connectivity index (χ2v) is 5.70. The van der Waals surface area contributed by atoms with Crippen molar-refractivity contribution in [1.29, 1.82) is 0 Å². The fourth-order valence-corrected chi connectivity index (χ4v) is 2.73. The Morgan fingerprint density at radius 1 is 1.41 bits per heavy atom. The van der Waals surface area contributed by atoms with E-state index < -0.39 is 0 Å². The van der Waals surface area contributed by atoms with Gasteiger partial charge >= 0.3 is 0 Å². The Kier molecular flexibility index (Phi) is 3.40. The largest absolute Gasteiger partial charge is 0.344 e. The molecule has 1 aliphatic carbocycles. The molecular weight excluding hydrogens is 216 g/mol. The van der Waals surface area contributed by atoms with E-state index in [1.54, 1.807) is 0 Å². The molecule has 2 rings (SSSR count). The lowest BCUT2D eigenvalue weighted by Crippen LogP contribution is -2.48. The molecule has 0 aromatic carbocycles. The minimum Gasteiger partial charge on any atom is -0.344 e. The molecule has 0 bridgehead atoms. The summed E-state index contributed by atoms with van der Waals surface area (Å²) in [6, 6.07) is -0.311. The van der Waals surface area contributed by atoms with Crippen molar-refractivity contribution >= 4 is 11.8 Å². The van der Waals surface area contributed by atoms with Gasteiger partial charge in [-0.1, -0.05) is 20.3 Å². The predicted molar refractivity (Wildman–Crippen MR) is 65.4 cm³/mol. The molecule has 0 aromatic heterocycles. The van der Waals surface area contributed by atoms with Crippen LogP contribution in [-0.2, 0) is 9.59 Å². The summed E-state index contributed by atoms with van der Waals surface area (Å²) in [5, 5.41) is 2.80. The van der Waals surface area contributed by atoms with E-state index in [1.165, 1.54) is 19.3 Å². The van der Waals surface area contributed by atoms with Crippen molar-refractivity contribution in [3.8, 4) is 0 Å². The molecule has 1 atom stereocenters. The molecule has 0 spiro atoms. The van der Waals surface area contributed by atoms with E-state index in [0.717, 1.165) is 6.54 Å². The van der Waals surface area contributed by atoms with E-state index in [-0.39, 0.29) is 17.9 Å². The van der Waals surface area contributed by atoms with Crippen LogP contribution in [0.2, 0.25) is 0 Å². The summed E-state index contributed by atoms with van der Waals surface area (Å²) >= 11 is 0. The molecule has 1 N–H and O–H groups in total. The van der Waals surface area contributed by atoms with Gasteiger partial charge in [0.25, 0.3) is 0 Å². The summed E-state index contributed by atoms with van der Waals surface area (Å²) in [5.74, 6) is 0.109. The van der Waals surface area contributed by atoms with Crippen molar-refractivity contribution < 1.29 is 9.59 Å². The topological polar surface area (TPSA) is 49.4 Å². The molecular formula is C13H22N2O2. The number of nitrogens with zero attached hydrogens (tertiary/aromatic N) is 1. The average molecular weight is 238 g/mol. The Hall–Kier alpha value is -1.06. The molecule has 2 amide bonds. The second-order valence-electron chi connectivity index (χ2n) is 5.70. The highest BCUT2D eigenvalue weighted by molar-refractivity contribution is 5.89. The lowest BCUT2D eigenvalue weighted by Gasteiger charge is -2.42. The molecule has 4 heteroatoms. The average Bonchev–Trinajstić information content (AvgIpc) is 2.39. The van der Waals surface area contributed by atoms with Crippen LogP contribution in [0.5, 0.6) is 0 Å². The first-order valence-corrected chi connectivity index (χ1v) is 6.62. The SMILES string of the molecule is CCC1NC(=O)CCN(CC2(C)CCC2)C1=O. The van der Waals surface area contributed by atoms with Crippen LogP contribution in [0.1, 0.15) is 46.0 Å². The van der Waals surface area contributed by atoms with E-state index in [2.05, 4.69) is 12.2 Å². The maximum atomic E-state index is 12.3. The Morgan fingerprint density at radius 2 is 2.12 bits per heavy atom. The number of hydrogen-bond acceptors (Lipinski definition) is 2. The van der Waals surface area contributed by atoms with Crippen molar-refractivity contribution in [2.24, 2.45) is 5.41 Å². The van der Waals surface area contributed by atoms with Crippen LogP contribution in [0, 0.1) is 5.41 Å². The van der Waals surface area contributed by atoms with Gasteiger partial charge in [0.15, 0.2) is 0 Å². The third-order valence-corrected chi connectivity index (χ3v) is 4.10.